The summed E-state index contributed by atoms with van der Waals surface area (Å²) in [6, 6.07) is 4.74. The van der Waals surface area contributed by atoms with Gasteiger partial charge in [-0.2, -0.15) is 13.2 Å². The van der Waals surface area contributed by atoms with E-state index in [1.54, 1.807) is 20.8 Å². The van der Waals surface area contributed by atoms with E-state index in [0.29, 0.717) is 5.69 Å². The maximum atomic E-state index is 12.3. The van der Waals surface area contributed by atoms with Crippen LogP contribution in [0.4, 0.5) is 18.9 Å². The molecule has 17 heavy (non-hydrogen) atoms. The van der Waals surface area contributed by atoms with Crippen LogP contribution in [-0.2, 0) is 6.18 Å². The molecule has 0 aliphatic rings. The second-order valence-corrected chi connectivity index (χ2v) is 4.60. The standard InChI is InChI=1S/C12H16F3NO/c1-8(17)11(2,3)16-10-6-4-9(5-7-10)12(13,14)15/h4-8,16-17H,1-3H3. The Balaban J connectivity index is 2.83. The van der Waals surface area contributed by atoms with E-state index in [4.69, 9.17) is 0 Å². The molecule has 1 unspecified atom stereocenters. The van der Waals surface area contributed by atoms with Crippen molar-refractivity contribution in [2.24, 2.45) is 0 Å². The Hall–Kier alpha value is -1.23. The van der Waals surface area contributed by atoms with Crippen molar-refractivity contribution in [1.29, 1.82) is 0 Å². The molecule has 2 N–H and O–H groups in total. The summed E-state index contributed by atoms with van der Waals surface area (Å²) in [7, 11) is 0. The van der Waals surface area contributed by atoms with Crippen molar-refractivity contribution in [3.8, 4) is 0 Å². The van der Waals surface area contributed by atoms with Crippen LogP contribution in [0.15, 0.2) is 24.3 Å². The van der Waals surface area contributed by atoms with E-state index in [1.165, 1.54) is 12.1 Å². The molecule has 0 amide bonds. The van der Waals surface area contributed by atoms with Crippen molar-refractivity contribution in [3.63, 3.8) is 0 Å². The van der Waals surface area contributed by atoms with Gasteiger partial charge in [0.25, 0.3) is 0 Å². The third-order valence-corrected chi connectivity index (χ3v) is 2.72. The van der Waals surface area contributed by atoms with Gasteiger partial charge >= 0.3 is 6.18 Å². The topological polar surface area (TPSA) is 32.3 Å². The Morgan fingerprint density at radius 2 is 1.59 bits per heavy atom. The van der Waals surface area contributed by atoms with Gasteiger partial charge in [0.05, 0.1) is 17.2 Å². The number of rotatable bonds is 3. The van der Waals surface area contributed by atoms with Gasteiger partial charge in [0.15, 0.2) is 0 Å². The third kappa shape index (κ3) is 3.63. The fourth-order valence-corrected chi connectivity index (χ4v) is 1.22. The molecule has 0 aliphatic carbocycles. The molecule has 5 heteroatoms. The normalized spacial score (nSPS) is 14.5. The van der Waals surface area contributed by atoms with Crippen molar-refractivity contribution in [2.75, 3.05) is 5.32 Å². The largest absolute Gasteiger partial charge is 0.416 e. The van der Waals surface area contributed by atoms with Crippen LogP contribution in [0.2, 0.25) is 0 Å². The number of hydrogen-bond donors (Lipinski definition) is 2. The van der Waals surface area contributed by atoms with Gasteiger partial charge in [-0.1, -0.05) is 0 Å². The zero-order valence-corrected chi connectivity index (χ0v) is 9.97. The van der Waals surface area contributed by atoms with Crippen LogP contribution in [0.5, 0.6) is 0 Å². The van der Waals surface area contributed by atoms with E-state index in [-0.39, 0.29) is 0 Å². The minimum absolute atomic E-state index is 0.545. The summed E-state index contributed by atoms with van der Waals surface area (Å²) < 4.78 is 37.0. The Kier molecular flexibility index (Phi) is 3.71. The van der Waals surface area contributed by atoms with Gasteiger partial charge in [0, 0.05) is 5.69 Å². The van der Waals surface area contributed by atoms with Crippen molar-refractivity contribution in [2.45, 2.75) is 38.6 Å². The molecule has 0 aliphatic heterocycles. The monoisotopic (exact) mass is 247 g/mol. The molecule has 1 aromatic carbocycles. The molecule has 1 aromatic rings. The number of alkyl halides is 3. The summed E-state index contributed by atoms with van der Waals surface area (Å²) in [6.45, 7) is 5.17. The Bertz CT molecular complexity index is 368. The molecule has 1 rings (SSSR count). The molecule has 2 nitrogen and oxygen atoms in total. The fraction of sp³-hybridized carbons (Fsp3) is 0.500. The van der Waals surface area contributed by atoms with Gasteiger partial charge < -0.3 is 10.4 Å². The molecule has 96 valence electrons. The second kappa shape index (κ2) is 4.56. The van der Waals surface area contributed by atoms with Crippen LogP contribution in [-0.4, -0.2) is 16.7 Å². The molecule has 0 saturated carbocycles. The number of nitrogens with one attached hydrogen (secondary N) is 1. The van der Waals surface area contributed by atoms with Crippen LogP contribution in [0, 0.1) is 0 Å². The highest BCUT2D eigenvalue weighted by Gasteiger charge is 2.30. The minimum atomic E-state index is -4.32. The first kappa shape index (κ1) is 13.8. The van der Waals surface area contributed by atoms with Crippen molar-refractivity contribution >= 4 is 5.69 Å². The Morgan fingerprint density at radius 1 is 1.12 bits per heavy atom. The first-order valence-corrected chi connectivity index (χ1v) is 5.26. The van der Waals surface area contributed by atoms with Gasteiger partial charge in [0.1, 0.15) is 0 Å². The van der Waals surface area contributed by atoms with Crippen LogP contribution in [0.3, 0.4) is 0 Å². The van der Waals surface area contributed by atoms with E-state index >= 15 is 0 Å². The summed E-state index contributed by atoms with van der Waals surface area (Å²) in [5.41, 5.74) is -0.735. The summed E-state index contributed by atoms with van der Waals surface area (Å²) in [5.74, 6) is 0. The van der Waals surface area contributed by atoms with Crippen LogP contribution < -0.4 is 5.32 Å². The number of anilines is 1. The predicted molar refractivity (Wildman–Crippen MR) is 60.8 cm³/mol. The van der Waals surface area contributed by atoms with E-state index < -0.39 is 23.4 Å². The van der Waals surface area contributed by atoms with Gasteiger partial charge in [-0.25, -0.2) is 0 Å². The Labute approximate surface area is 98.5 Å². The maximum absolute atomic E-state index is 12.3. The molecular weight excluding hydrogens is 231 g/mol. The van der Waals surface area contributed by atoms with Gasteiger partial charge in [-0.15, -0.1) is 0 Å². The van der Waals surface area contributed by atoms with Crippen molar-refractivity contribution in [3.05, 3.63) is 29.8 Å². The van der Waals surface area contributed by atoms with Gasteiger partial charge in [-0.05, 0) is 45.0 Å². The van der Waals surface area contributed by atoms with E-state index in [0.717, 1.165) is 12.1 Å². The lowest BCUT2D eigenvalue weighted by Crippen LogP contribution is -2.41. The molecule has 0 aromatic heterocycles. The molecule has 0 heterocycles. The lowest BCUT2D eigenvalue weighted by Gasteiger charge is -2.30. The summed E-state index contributed by atoms with van der Waals surface area (Å²) in [5, 5.41) is 12.5. The SMILES string of the molecule is CC(O)C(C)(C)Nc1ccc(C(F)(F)F)cc1. The lowest BCUT2D eigenvalue weighted by atomic mass is 9.98. The molecule has 0 bridgehead atoms. The number of benzene rings is 1. The van der Waals surface area contributed by atoms with Crippen molar-refractivity contribution < 1.29 is 18.3 Å². The van der Waals surface area contributed by atoms with Crippen LogP contribution in [0.1, 0.15) is 26.3 Å². The lowest BCUT2D eigenvalue weighted by molar-refractivity contribution is -0.137. The fourth-order valence-electron chi connectivity index (χ4n) is 1.22. The average Bonchev–Trinajstić information content (AvgIpc) is 2.16. The van der Waals surface area contributed by atoms with Gasteiger partial charge in [0.2, 0.25) is 0 Å². The third-order valence-electron chi connectivity index (χ3n) is 2.72. The van der Waals surface area contributed by atoms with E-state index in [9.17, 15) is 18.3 Å². The molecule has 0 saturated heterocycles. The average molecular weight is 247 g/mol. The first-order chi connectivity index (χ1) is 7.63. The zero-order chi connectivity index (χ0) is 13.3. The quantitative estimate of drug-likeness (QED) is 0.859. The van der Waals surface area contributed by atoms with E-state index in [2.05, 4.69) is 5.32 Å². The molecular formula is C12H16F3NO. The number of halogens is 3. The molecule has 1 atom stereocenters. The molecule has 0 radical (unpaired) electrons. The first-order valence-electron chi connectivity index (χ1n) is 5.26. The van der Waals surface area contributed by atoms with Crippen LogP contribution >= 0.6 is 0 Å². The zero-order valence-electron chi connectivity index (χ0n) is 9.97. The Morgan fingerprint density at radius 3 is 1.94 bits per heavy atom. The highest BCUT2D eigenvalue weighted by atomic mass is 19.4. The summed E-state index contributed by atoms with van der Waals surface area (Å²) in [6.07, 6.45) is -4.94. The molecule has 0 spiro atoms. The van der Waals surface area contributed by atoms with Crippen molar-refractivity contribution in [1.82, 2.24) is 0 Å². The summed E-state index contributed by atoms with van der Waals surface area (Å²) in [4.78, 5) is 0. The maximum Gasteiger partial charge on any atom is 0.416 e. The van der Waals surface area contributed by atoms with E-state index in [1.807, 2.05) is 0 Å². The van der Waals surface area contributed by atoms with Crippen LogP contribution in [0.25, 0.3) is 0 Å². The summed E-state index contributed by atoms with van der Waals surface area (Å²) >= 11 is 0. The second-order valence-electron chi connectivity index (χ2n) is 4.60. The predicted octanol–water partition coefficient (Wildman–Crippen LogP) is 3.28. The number of aliphatic hydroxyl groups excluding tert-OH is 1. The minimum Gasteiger partial charge on any atom is -0.391 e. The number of hydrogen-bond acceptors (Lipinski definition) is 2. The van der Waals surface area contributed by atoms with Gasteiger partial charge in [-0.3, -0.25) is 0 Å². The molecule has 0 fully saturated rings. The number of aliphatic hydroxyl groups is 1. The highest BCUT2D eigenvalue weighted by Crippen LogP contribution is 2.30. The highest BCUT2D eigenvalue weighted by molar-refractivity contribution is 5.47. The smallest absolute Gasteiger partial charge is 0.391 e.